The maximum absolute atomic E-state index is 14.8. The lowest BCUT2D eigenvalue weighted by atomic mass is 9.88. The van der Waals surface area contributed by atoms with E-state index in [1.807, 2.05) is 30.3 Å². The number of ketones is 1. The Morgan fingerprint density at radius 1 is 0.740 bits per heavy atom. The van der Waals surface area contributed by atoms with Gasteiger partial charge in [0.2, 0.25) is 0 Å². The van der Waals surface area contributed by atoms with Crippen molar-refractivity contribution < 1.29 is 43.4 Å². The van der Waals surface area contributed by atoms with Crippen LogP contribution >= 0.6 is 7.37 Å². The Morgan fingerprint density at radius 2 is 1.24 bits per heavy atom. The van der Waals surface area contributed by atoms with Gasteiger partial charge in [0.05, 0.1) is 13.2 Å². The topological polar surface area (TPSA) is 132 Å². The molecule has 1 aliphatic heterocycles. The Labute approximate surface area is 297 Å². The third kappa shape index (κ3) is 11.4. The summed E-state index contributed by atoms with van der Waals surface area (Å²) in [4.78, 5) is 13.4. The van der Waals surface area contributed by atoms with E-state index in [4.69, 9.17) is 18.7 Å². The summed E-state index contributed by atoms with van der Waals surface area (Å²) >= 11 is 0. The molecule has 9 nitrogen and oxygen atoms in total. The van der Waals surface area contributed by atoms with Crippen molar-refractivity contribution in [3.05, 3.63) is 96.6 Å². The summed E-state index contributed by atoms with van der Waals surface area (Å²) in [5, 5.41) is 35.0. The van der Waals surface area contributed by atoms with E-state index in [9.17, 15) is 24.7 Å². The van der Waals surface area contributed by atoms with Gasteiger partial charge in [0.1, 0.15) is 31.2 Å². The van der Waals surface area contributed by atoms with Gasteiger partial charge in [-0.3, -0.25) is 9.36 Å². The molecule has 274 valence electrons. The normalized spacial score (nSPS) is 22.4. The molecule has 1 unspecified atom stereocenters. The van der Waals surface area contributed by atoms with Crippen LogP contribution in [0.5, 0.6) is 0 Å². The van der Waals surface area contributed by atoms with E-state index in [1.165, 1.54) is 38.5 Å². The molecule has 0 amide bonds. The summed E-state index contributed by atoms with van der Waals surface area (Å²) in [7, 11) is -3.89. The Balaban J connectivity index is 1.42. The number of ether oxygens (including phenoxy) is 3. The fourth-order valence-electron chi connectivity index (χ4n) is 6.26. The Kier molecular flexibility index (Phi) is 16.8. The van der Waals surface area contributed by atoms with Gasteiger partial charge in [0, 0.05) is 17.0 Å². The van der Waals surface area contributed by atoms with Crippen LogP contribution in [-0.2, 0) is 34.7 Å². The van der Waals surface area contributed by atoms with Crippen LogP contribution < -0.4 is 10.6 Å². The number of rotatable bonds is 23. The molecule has 0 radical (unpaired) electrons. The molecular formula is C40H55O9P. The van der Waals surface area contributed by atoms with Crippen molar-refractivity contribution in [1.82, 2.24) is 0 Å². The molecule has 0 saturated carbocycles. The lowest BCUT2D eigenvalue weighted by Crippen LogP contribution is -2.68. The van der Waals surface area contributed by atoms with E-state index in [1.54, 1.807) is 60.7 Å². The third-order valence-corrected chi connectivity index (χ3v) is 11.7. The largest absolute Gasteiger partial charge is 0.387 e. The van der Waals surface area contributed by atoms with E-state index in [0.717, 1.165) is 31.2 Å². The second-order valence-corrected chi connectivity index (χ2v) is 15.5. The second-order valence-electron chi connectivity index (χ2n) is 13.1. The van der Waals surface area contributed by atoms with Crippen LogP contribution in [0, 0.1) is 0 Å². The highest BCUT2D eigenvalue weighted by Gasteiger charge is 2.58. The van der Waals surface area contributed by atoms with Crippen LogP contribution in [0.1, 0.15) is 89.5 Å². The van der Waals surface area contributed by atoms with Gasteiger partial charge in [0.15, 0.2) is 5.78 Å². The molecule has 1 aliphatic rings. The van der Waals surface area contributed by atoms with Crippen molar-refractivity contribution in [2.45, 2.75) is 121 Å². The molecule has 5 atom stereocenters. The smallest absolute Gasteiger partial charge is 0.261 e. The molecule has 1 fully saturated rings. The first-order valence-corrected chi connectivity index (χ1v) is 19.8. The zero-order valence-corrected chi connectivity index (χ0v) is 30.2. The summed E-state index contributed by atoms with van der Waals surface area (Å²) < 4.78 is 38.4. The quantitative estimate of drug-likeness (QED) is 0.0568. The van der Waals surface area contributed by atoms with Crippen molar-refractivity contribution in [3.8, 4) is 0 Å². The first-order chi connectivity index (χ1) is 24.3. The standard InChI is InChI=1S/C40H55O9P/c1-2-3-4-5-6-7-8-9-10-11-21-28-36(41)40(44)39(43)37(42)38(35(48-40)30-47-31-46-29-32-22-15-12-16-23-32)49-50(45,33-24-17-13-18-25-33)34-26-19-14-20-27-34/h12-20,22-27,35,37-39,42-44H,2-11,21,28-31H2,1H3/t35-,37+,38-,39-,40?/m1/s1. The number of carbonyl (C=O) groups excluding carboxylic acids is 1. The molecule has 3 aromatic rings. The van der Waals surface area contributed by atoms with E-state index in [2.05, 4.69) is 6.92 Å². The SMILES string of the molecule is CCCCCCCCCCCCCC(=O)C1(O)O[C@H](COCOCc2ccccc2)[C@@H](OP(=O)(c2ccccc2)c2ccccc2)[C@H](O)[C@H]1O. The first-order valence-electron chi connectivity index (χ1n) is 18.2. The van der Waals surface area contributed by atoms with Crippen LogP contribution in [0.15, 0.2) is 91.0 Å². The minimum Gasteiger partial charge on any atom is -0.387 e. The van der Waals surface area contributed by atoms with Gasteiger partial charge in [-0.1, -0.05) is 138 Å². The molecule has 3 N–H and O–H groups in total. The molecular weight excluding hydrogens is 655 g/mol. The van der Waals surface area contributed by atoms with Gasteiger partial charge < -0.3 is 34.1 Å². The zero-order chi connectivity index (χ0) is 35.7. The van der Waals surface area contributed by atoms with Gasteiger partial charge in [-0.25, -0.2) is 0 Å². The number of carbonyl (C=O) groups is 1. The Hall–Kier alpha value is -2.72. The van der Waals surface area contributed by atoms with Crippen LogP contribution in [0.2, 0.25) is 0 Å². The molecule has 0 spiro atoms. The maximum atomic E-state index is 14.8. The number of aliphatic hydroxyl groups excluding tert-OH is 2. The van der Waals surface area contributed by atoms with E-state index in [-0.39, 0.29) is 26.4 Å². The summed E-state index contributed by atoms with van der Waals surface area (Å²) in [5.74, 6) is -3.45. The Bertz CT molecular complexity index is 1380. The predicted molar refractivity (Wildman–Crippen MR) is 195 cm³/mol. The van der Waals surface area contributed by atoms with Crippen molar-refractivity contribution in [1.29, 1.82) is 0 Å². The van der Waals surface area contributed by atoms with Crippen molar-refractivity contribution in [2.24, 2.45) is 0 Å². The molecule has 4 rings (SSSR count). The fourth-order valence-corrected chi connectivity index (χ4v) is 8.54. The van der Waals surface area contributed by atoms with Crippen LogP contribution in [-0.4, -0.2) is 64.7 Å². The summed E-state index contributed by atoms with van der Waals surface area (Å²) in [6.07, 6.45) is 5.43. The molecule has 3 aromatic carbocycles. The van der Waals surface area contributed by atoms with Gasteiger partial charge >= 0.3 is 0 Å². The molecule has 10 heteroatoms. The molecule has 1 heterocycles. The first kappa shape index (κ1) is 40.1. The highest BCUT2D eigenvalue weighted by molar-refractivity contribution is 7.74. The van der Waals surface area contributed by atoms with E-state index >= 15 is 0 Å². The molecule has 1 saturated heterocycles. The average Bonchev–Trinajstić information content (AvgIpc) is 3.15. The van der Waals surface area contributed by atoms with Crippen LogP contribution in [0.4, 0.5) is 0 Å². The summed E-state index contributed by atoms with van der Waals surface area (Å²) in [6, 6.07) is 26.7. The number of Topliss-reactive ketones (excluding diaryl/α,β-unsaturated/α-hetero) is 1. The lowest BCUT2D eigenvalue weighted by molar-refractivity contribution is -0.330. The van der Waals surface area contributed by atoms with Gasteiger partial charge in [-0.05, 0) is 36.2 Å². The Morgan fingerprint density at radius 3 is 1.78 bits per heavy atom. The number of hydrogen-bond donors (Lipinski definition) is 3. The van der Waals surface area contributed by atoms with Crippen molar-refractivity contribution in [2.75, 3.05) is 13.4 Å². The predicted octanol–water partition coefficient (Wildman–Crippen LogP) is 6.57. The third-order valence-electron chi connectivity index (χ3n) is 9.19. The maximum Gasteiger partial charge on any atom is 0.261 e. The fraction of sp³-hybridized carbons (Fsp3) is 0.525. The van der Waals surface area contributed by atoms with Gasteiger partial charge in [0.25, 0.3) is 13.2 Å². The summed E-state index contributed by atoms with van der Waals surface area (Å²) in [6.45, 7) is 2.04. The highest BCUT2D eigenvalue weighted by Crippen LogP contribution is 2.48. The summed E-state index contributed by atoms with van der Waals surface area (Å²) in [5.41, 5.74) is 0.943. The van der Waals surface area contributed by atoms with Gasteiger partial charge in [-0.15, -0.1) is 0 Å². The van der Waals surface area contributed by atoms with Crippen LogP contribution in [0.3, 0.4) is 0 Å². The molecule has 0 aromatic heterocycles. The van der Waals surface area contributed by atoms with E-state index in [0.29, 0.717) is 17.0 Å². The van der Waals surface area contributed by atoms with Crippen molar-refractivity contribution >= 4 is 23.8 Å². The highest BCUT2D eigenvalue weighted by atomic mass is 31.2. The lowest BCUT2D eigenvalue weighted by Gasteiger charge is -2.46. The number of unbranched alkanes of at least 4 members (excludes halogenated alkanes) is 10. The van der Waals surface area contributed by atoms with Crippen LogP contribution in [0.25, 0.3) is 0 Å². The van der Waals surface area contributed by atoms with E-state index < -0.39 is 43.4 Å². The number of aliphatic hydroxyl groups is 3. The minimum absolute atomic E-state index is 0.0386. The second kappa shape index (κ2) is 21.0. The van der Waals surface area contributed by atoms with Gasteiger partial charge in [-0.2, -0.15) is 0 Å². The monoisotopic (exact) mass is 710 g/mol. The number of hydrogen-bond acceptors (Lipinski definition) is 9. The van der Waals surface area contributed by atoms with Crippen molar-refractivity contribution in [3.63, 3.8) is 0 Å². The minimum atomic E-state index is -3.89. The molecule has 50 heavy (non-hydrogen) atoms. The average molecular weight is 711 g/mol. The molecule has 0 bridgehead atoms. The zero-order valence-electron chi connectivity index (χ0n) is 29.3. The number of benzene rings is 3. The molecule has 0 aliphatic carbocycles.